The molecule has 0 spiro atoms. The van der Waals surface area contributed by atoms with Gasteiger partial charge in [-0.15, -0.1) is 12.4 Å². The van der Waals surface area contributed by atoms with Gasteiger partial charge in [0.15, 0.2) is 0 Å². The van der Waals surface area contributed by atoms with Gasteiger partial charge < -0.3 is 9.47 Å². The first-order chi connectivity index (χ1) is 17.5. The monoisotopic (exact) mass is 561 g/mol. The third-order valence-electron chi connectivity index (χ3n) is 5.84. The van der Waals surface area contributed by atoms with Crippen LogP contribution in [0.5, 0.6) is 0 Å². The zero-order chi connectivity index (χ0) is 26.6. The SMILES string of the molecule is Cl.Fc1ccc([C@H]2[C@@H](OC=Cc3cc(C(F)(F)F)cc(C(F)(F)F)c3)OCCN2Cc2ccccc2)cc1. The van der Waals surface area contributed by atoms with Crippen molar-refractivity contribution >= 4 is 18.5 Å². The molecule has 0 saturated carbocycles. The van der Waals surface area contributed by atoms with Gasteiger partial charge in [-0.1, -0.05) is 42.5 Å². The third kappa shape index (κ3) is 7.49. The van der Waals surface area contributed by atoms with E-state index in [1.165, 1.54) is 12.1 Å². The van der Waals surface area contributed by atoms with Gasteiger partial charge in [0.2, 0.25) is 6.29 Å². The molecule has 0 unspecified atom stereocenters. The first-order valence-electron chi connectivity index (χ1n) is 11.3. The second-order valence-corrected chi connectivity index (χ2v) is 8.47. The maximum atomic E-state index is 13.6. The molecule has 0 N–H and O–H groups in total. The highest BCUT2D eigenvalue weighted by molar-refractivity contribution is 5.85. The highest BCUT2D eigenvalue weighted by Crippen LogP contribution is 2.37. The number of hydrogen-bond acceptors (Lipinski definition) is 3. The van der Waals surface area contributed by atoms with E-state index in [1.54, 1.807) is 12.1 Å². The van der Waals surface area contributed by atoms with Crippen LogP contribution < -0.4 is 0 Å². The number of rotatable bonds is 6. The Labute approximate surface area is 220 Å². The van der Waals surface area contributed by atoms with Crippen LogP contribution in [0.1, 0.15) is 33.9 Å². The Morgan fingerprint density at radius 2 is 1.47 bits per heavy atom. The van der Waals surface area contributed by atoms with Crippen molar-refractivity contribution in [2.24, 2.45) is 0 Å². The second-order valence-electron chi connectivity index (χ2n) is 8.47. The van der Waals surface area contributed by atoms with Gasteiger partial charge >= 0.3 is 12.4 Å². The predicted molar refractivity (Wildman–Crippen MR) is 130 cm³/mol. The molecular formula is C27H23ClF7NO2. The molecule has 1 fully saturated rings. The summed E-state index contributed by atoms with van der Waals surface area (Å²) < 4.78 is 104. The van der Waals surface area contributed by atoms with Crippen molar-refractivity contribution in [1.82, 2.24) is 4.90 Å². The number of morpholine rings is 1. The lowest BCUT2D eigenvalue weighted by atomic mass is 10.0. The molecule has 1 saturated heterocycles. The maximum Gasteiger partial charge on any atom is 0.416 e. The largest absolute Gasteiger partial charge is 0.470 e. The molecule has 1 aliphatic rings. The van der Waals surface area contributed by atoms with E-state index in [0.29, 0.717) is 30.8 Å². The van der Waals surface area contributed by atoms with Gasteiger partial charge in [-0.25, -0.2) is 4.39 Å². The van der Waals surface area contributed by atoms with Crippen molar-refractivity contribution in [3.63, 3.8) is 0 Å². The molecule has 0 aliphatic carbocycles. The molecule has 4 rings (SSSR count). The minimum absolute atomic E-state index is 0. The van der Waals surface area contributed by atoms with Crippen LogP contribution in [0.4, 0.5) is 30.7 Å². The first-order valence-corrected chi connectivity index (χ1v) is 11.3. The van der Waals surface area contributed by atoms with Crippen molar-refractivity contribution in [1.29, 1.82) is 0 Å². The zero-order valence-corrected chi connectivity index (χ0v) is 20.5. The van der Waals surface area contributed by atoms with E-state index < -0.39 is 41.6 Å². The Bertz CT molecular complexity index is 1180. The fraction of sp³-hybridized carbons (Fsp3) is 0.259. The highest BCUT2D eigenvalue weighted by atomic mass is 35.5. The summed E-state index contributed by atoms with van der Waals surface area (Å²) in [5.41, 5.74) is -1.50. The number of benzene rings is 3. The summed E-state index contributed by atoms with van der Waals surface area (Å²) in [6.45, 7) is 1.30. The van der Waals surface area contributed by atoms with Gasteiger partial charge in [-0.05, 0) is 53.1 Å². The fourth-order valence-corrected chi connectivity index (χ4v) is 4.10. The van der Waals surface area contributed by atoms with Crippen LogP contribution in [0.15, 0.2) is 79.1 Å². The number of nitrogens with zero attached hydrogens (tertiary/aromatic N) is 1. The molecule has 0 bridgehead atoms. The molecular weight excluding hydrogens is 539 g/mol. The molecule has 3 nitrogen and oxygen atoms in total. The minimum atomic E-state index is -4.96. The van der Waals surface area contributed by atoms with Crippen LogP contribution in [0.25, 0.3) is 6.08 Å². The minimum Gasteiger partial charge on any atom is -0.470 e. The molecule has 3 aromatic rings. The number of halogens is 8. The normalized spacial score (nSPS) is 18.8. The fourth-order valence-electron chi connectivity index (χ4n) is 4.10. The van der Waals surface area contributed by atoms with Crippen molar-refractivity contribution in [2.75, 3.05) is 13.2 Å². The lowest BCUT2D eigenvalue weighted by molar-refractivity contribution is -0.187. The van der Waals surface area contributed by atoms with Gasteiger partial charge in [0, 0.05) is 13.1 Å². The summed E-state index contributed by atoms with van der Waals surface area (Å²) in [5, 5.41) is 0. The van der Waals surface area contributed by atoms with E-state index in [4.69, 9.17) is 9.47 Å². The molecule has 1 aliphatic heterocycles. The van der Waals surface area contributed by atoms with E-state index in [2.05, 4.69) is 4.90 Å². The molecule has 38 heavy (non-hydrogen) atoms. The van der Waals surface area contributed by atoms with Gasteiger partial charge in [0.1, 0.15) is 5.82 Å². The second kappa shape index (κ2) is 12.2. The van der Waals surface area contributed by atoms with Crippen molar-refractivity contribution < 1.29 is 40.2 Å². The first kappa shape index (κ1) is 29.5. The Hall–Kier alpha value is -3.08. The standard InChI is InChI=1S/C27H22F7NO2.ClH/c28-23-8-6-20(7-9-23)24-25(37-13-11-35(24)17-18-4-2-1-3-5-18)36-12-10-19-14-21(26(29,30)31)16-22(15-19)27(32,33)34;/h1-10,12,14-16,24-25H,11,13,17H2;1H/t24-,25-;/m0./s1. The molecule has 11 heteroatoms. The molecule has 0 aromatic heterocycles. The van der Waals surface area contributed by atoms with Gasteiger partial charge in [0.05, 0.1) is 30.0 Å². The quantitative estimate of drug-likeness (QED) is 0.226. The number of hydrogen-bond donors (Lipinski definition) is 0. The summed E-state index contributed by atoms with van der Waals surface area (Å²) in [6, 6.07) is 16.1. The number of alkyl halides is 6. The highest BCUT2D eigenvalue weighted by Gasteiger charge is 2.37. The van der Waals surface area contributed by atoms with Crippen LogP contribution in [-0.4, -0.2) is 24.3 Å². The van der Waals surface area contributed by atoms with E-state index in [-0.39, 0.29) is 30.6 Å². The summed E-state index contributed by atoms with van der Waals surface area (Å²) >= 11 is 0. The van der Waals surface area contributed by atoms with Crippen molar-refractivity contribution in [3.05, 3.63) is 113 Å². The topological polar surface area (TPSA) is 21.7 Å². The Morgan fingerprint density at radius 3 is 2.05 bits per heavy atom. The molecule has 3 aromatic carbocycles. The van der Waals surface area contributed by atoms with Crippen LogP contribution in [0, 0.1) is 5.82 Å². The summed E-state index contributed by atoms with van der Waals surface area (Å²) in [4.78, 5) is 2.05. The summed E-state index contributed by atoms with van der Waals surface area (Å²) in [6.07, 6.45) is -8.83. The van der Waals surface area contributed by atoms with Crippen LogP contribution in [-0.2, 0) is 28.4 Å². The summed E-state index contributed by atoms with van der Waals surface area (Å²) in [5.74, 6) is -0.433. The van der Waals surface area contributed by atoms with Crippen LogP contribution in [0.3, 0.4) is 0 Å². The molecule has 204 valence electrons. The van der Waals surface area contributed by atoms with E-state index in [9.17, 15) is 30.7 Å². The molecule has 0 radical (unpaired) electrons. The number of ether oxygens (including phenoxy) is 2. The third-order valence-corrected chi connectivity index (χ3v) is 5.84. The van der Waals surface area contributed by atoms with Crippen molar-refractivity contribution in [2.45, 2.75) is 31.2 Å². The van der Waals surface area contributed by atoms with E-state index in [0.717, 1.165) is 17.9 Å². The average molecular weight is 562 g/mol. The average Bonchev–Trinajstić information content (AvgIpc) is 2.84. The molecule has 0 amide bonds. The predicted octanol–water partition coefficient (Wildman–Crippen LogP) is 7.87. The van der Waals surface area contributed by atoms with E-state index in [1.807, 2.05) is 30.3 Å². The Kier molecular flexibility index (Phi) is 9.45. The summed E-state index contributed by atoms with van der Waals surface area (Å²) in [7, 11) is 0. The molecule has 2 atom stereocenters. The van der Waals surface area contributed by atoms with Crippen molar-refractivity contribution in [3.8, 4) is 0 Å². The van der Waals surface area contributed by atoms with Crippen LogP contribution >= 0.6 is 12.4 Å². The Balaban J connectivity index is 0.00000400. The zero-order valence-electron chi connectivity index (χ0n) is 19.7. The maximum absolute atomic E-state index is 13.6. The lowest BCUT2D eigenvalue weighted by Gasteiger charge is -2.40. The lowest BCUT2D eigenvalue weighted by Crippen LogP contribution is -2.45. The van der Waals surface area contributed by atoms with Gasteiger partial charge in [-0.2, -0.15) is 26.3 Å². The van der Waals surface area contributed by atoms with Crippen LogP contribution in [0.2, 0.25) is 0 Å². The smallest absolute Gasteiger partial charge is 0.416 e. The van der Waals surface area contributed by atoms with Gasteiger partial charge in [0.25, 0.3) is 0 Å². The Morgan fingerprint density at radius 1 is 0.868 bits per heavy atom. The van der Waals surface area contributed by atoms with Gasteiger partial charge in [-0.3, -0.25) is 4.90 Å². The molecule has 1 heterocycles. The van der Waals surface area contributed by atoms with E-state index >= 15 is 0 Å².